The molecule has 0 unspecified atom stereocenters. The van der Waals surface area contributed by atoms with Crippen molar-refractivity contribution in [1.82, 2.24) is 9.80 Å². The molecule has 3 nitrogen and oxygen atoms in total. The highest BCUT2D eigenvalue weighted by molar-refractivity contribution is 5.25. The summed E-state index contributed by atoms with van der Waals surface area (Å²) in [5, 5.41) is 0. The van der Waals surface area contributed by atoms with Crippen molar-refractivity contribution >= 4 is 0 Å². The summed E-state index contributed by atoms with van der Waals surface area (Å²) in [5.41, 5.74) is 2.90. The third-order valence-electron chi connectivity index (χ3n) is 4.77. The van der Waals surface area contributed by atoms with Gasteiger partial charge in [-0.2, -0.15) is 0 Å². The van der Waals surface area contributed by atoms with E-state index in [4.69, 9.17) is 4.74 Å². The van der Waals surface area contributed by atoms with Gasteiger partial charge in [-0.15, -0.1) is 0 Å². The zero-order chi connectivity index (χ0) is 13.8. The van der Waals surface area contributed by atoms with E-state index in [1.807, 2.05) is 0 Å². The first-order valence-electron chi connectivity index (χ1n) is 7.91. The molecule has 0 saturated carbocycles. The fourth-order valence-corrected chi connectivity index (χ4v) is 3.41. The number of likely N-dealkylation sites (tertiary alicyclic amines) is 1. The van der Waals surface area contributed by atoms with Gasteiger partial charge >= 0.3 is 0 Å². The summed E-state index contributed by atoms with van der Waals surface area (Å²) in [6.45, 7) is 9.89. The number of benzene rings is 1. The molecule has 1 aromatic rings. The van der Waals surface area contributed by atoms with E-state index >= 15 is 0 Å². The Morgan fingerprint density at radius 3 is 2.45 bits per heavy atom. The quantitative estimate of drug-likeness (QED) is 0.841. The molecule has 0 bridgehead atoms. The fourth-order valence-electron chi connectivity index (χ4n) is 3.41. The van der Waals surface area contributed by atoms with Crippen molar-refractivity contribution in [3.63, 3.8) is 0 Å². The van der Waals surface area contributed by atoms with Crippen LogP contribution in [0.2, 0.25) is 0 Å². The molecule has 20 heavy (non-hydrogen) atoms. The van der Waals surface area contributed by atoms with Crippen LogP contribution in [0.25, 0.3) is 0 Å². The molecule has 2 fully saturated rings. The topological polar surface area (TPSA) is 15.7 Å². The second-order valence-corrected chi connectivity index (χ2v) is 6.08. The Morgan fingerprint density at radius 1 is 1.05 bits per heavy atom. The Kier molecular flexibility index (Phi) is 4.71. The van der Waals surface area contributed by atoms with Crippen LogP contribution in [0.5, 0.6) is 0 Å². The predicted octanol–water partition coefficient (Wildman–Crippen LogP) is 2.29. The molecule has 0 radical (unpaired) electrons. The zero-order valence-electron chi connectivity index (χ0n) is 12.6. The van der Waals surface area contributed by atoms with Gasteiger partial charge in [-0.1, -0.05) is 24.3 Å². The van der Waals surface area contributed by atoms with Crippen molar-refractivity contribution in [2.45, 2.75) is 32.4 Å². The van der Waals surface area contributed by atoms with E-state index in [1.54, 1.807) is 0 Å². The number of rotatable bonds is 3. The van der Waals surface area contributed by atoms with Gasteiger partial charge in [0.2, 0.25) is 0 Å². The van der Waals surface area contributed by atoms with Gasteiger partial charge < -0.3 is 4.74 Å². The lowest BCUT2D eigenvalue weighted by molar-refractivity contribution is 0.000217. The molecule has 0 atom stereocenters. The maximum absolute atomic E-state index is 5.45. The van der Waals surface area contributed by atoms with E-state index in [0.717, 1.165) is 38.9 Å². The van der Waals surface area contributed by atoms with Crippen LogP contribution in [-0.4, -0.2) is 55.2 Å². The Labute approximate surface area is 122 Å². The van der Waals surface area contributed by atoms with Crippen molar-refractivity contribution in [2.75, 3.05) is 39.4 Å². The first kappa shape index (κ1) is 14.1. The lowest BCUT2D eigenvalue weighted by atomic mass is 10.0. The van der Waals surface area contributed by atoms with Crippen molar-refractivity contribution in [1.29, 1.82) is 0 Å². The summed E-state index contributed by atoms with van der Waals surface area (Å²) in [7, 11) is 0. The molecule has 0 spiro atoms. The molecule has 0 N–H and O–H groups in total. The Bertz CT molecular complexity index is 421. The number of morpholine rings is 1. The van der Waals surface area contributed by atoms with Crippen molar-refractivity contribution in [3.8, 4) is 0 Å². The van der Waals surface area contributed by atoms with E-state index < -0.39 is 0 Å². The van der Waals surface area contributed by atoms with Gasteiger partial charge in [0, 0.05) is 25.7 Å². The van der Waals surface area contributed by atoms with Crippen LogP contribution in [0.15, 0.2) is 24.3 Å². The Hall–Kier alpha value is -0.900. The average molecular weight is 274 g/mol. The molecule has 3 heteroatoms. The van der Waals surface area contributed by atoms with E-state index in [1.165, 1.54) is 37.1 Å². The normalized spacial score (nSPS) is 23.1. The second-order valence-electron chi connectivity index (χ2n) is 6.08. The van der Waals surface area contributed by atoms with Crippen molar-refractivity contribution in [2.24, 2.45) is 0 Å². The van der Waals surface area contributed by atoms with Crippen molar-refractivity contribution in [3.05, 3.63) is 35.4 Å². The van der Waals surface area contributed by atoms with Crippen LogP contribution in [0.4, 0.5) is 0 Å². The minimum Gasteiger partial charge on any atom is -0.379 e. The van der Waals surface area contributed by atoms with Gasteiger partial charge in [-0.05, 0) is 44.0 Å². The number of ether oxygens (including phenoxy) is 1. The average Bonchev–Trinajstić information content (AvgIpc) is 2.51. The van der Waals surface area contributed by atoms with Crippen LogP contribution in [-0.2, 0) is 11.3 Å². The van der Waals surface area contributed by atoms with Gasteiger partial charge in [0.25, 0.3) is 0 Å². The summed E-state index contributed by atoms with van der Waals surface area (Å²) in [5.74, 6) is 0. The molecular weight excluding hydrogens is 248 g/mol. The first-order valence-corrected chi connectivity index (χ1v) is 7.91. The Balaban J connectivity index is 1.50. The number of aryl methyl sites for hydroxylation is 1. The predicted molar refractivity (Wildman–Crippen MR) is 81.9 cm³/mol. The summed E-state index contributed by atoms with van der Waals surface area (Å²) in [6, 6.07) is 9.55. The molecule has 2 saturated heterocycles. The molecule has 0 amide bonds. The highest BCUT2D eigenvalue weighted by Crippen LogP contribution is 2.20. The minimum absolute atomic E-state index is 0.784. The number of nitrogens with zero attached hydrogens (tertiary/aromatic N) is 2. The van der Waals surface area contributed by atoms with E-state index in [-0.39, 0.29) is 0 Å². The largest absolute Gasteiger partial charge is 0.379 e. The summed E-state index contributed by atoms with van der Waals surface area (Å²) in [4.78, 5) is 5.24. The van der Waals surface area contributed by atoms with Crippen LogP contribution in [0, 0.1) is 6.92 Å². The van der Waals surface area contributed by atoms with E-state index in [9.17, 15) is 0 Å². The smallest absolute Gasteiger partial charge is 0.0594 e. The first-order chi connectivity index (χ1) is 9.83. The fraction of sp³-hybridized carbons (Fsp3) is 0.647. The van der Waals surface area contributed by atoms with Gasteiger partial charge in [0.15, 0.2) is 0 Å². The third-order valence-corrected chi connectivity index (χ3v) is 4.77. The second kappa shape index (κ2) is 6.70. The zero-order valence-corrected chi connectivity index (χ0v) is 12.6. The van der Waals surface area contributed by atoms with E-state index in [2.05, 4.69) is 41.0 Å². The number of hydrogen-bond acceptors (Lipinski definition) is 3. The van der Waals surface area contributed by atoms with Crippen LogP contribution >= 0.6 is 0 Å². The maximum Gasteiger partial charge on any atom is 0.0594 e. The molecule has 110 valence electrons. The molecule has 1 aromatic carbocycles. The van der Waals surface area contributed by atoms with Gasteiger partial charge in [0.1, 0.15) is 0 Å². The highest BCUT2D eigenvalue weighted by atomic mass is 16.5. The van der Waals surface area contributed by atoms with Crippen molar-refractivity contribution < 1.29 is 4.74 Å². The molecular formula is C17H26N2O. The monoisotopic (exact) mass is 274 g/mol. The molecule has 0 aromatic heterocycles. The maximum atomic E-state index is 5.45. The minimum atomic E-state index is 0.784. The Morgan fingerprint density at radius 2 is 1.75 bits per heavy atom. The van der Waals surface area contributed by atoms with Crippen LogP contribution < -0.4 is 0 Å². The highest BCUT2D eigenvalue weighted by Gasteiger charge is 2.25. The molecule has 0 aliphatic carbocycles. The molecule has 3 rings (SSSR count). The standard InChI is InChI=1S/C17H26N2O/c1-15-4-2-3-5-16(15)14-18-8-6-17(7-9-18)19-10-12-20-13-11-19/h2-5,17H,6-14H2,1H3. The summed E-state index contributed by atoms with van der Waals surface area (Å²) >= 11 is 0. The molecule has 2 aliphatic rings. The van der Waals surface area contributed by atoms with Crippen LogP contribution in [0.3, 0.4) is 0 Å². The number of piperidine rings is 1. The third kappa shape index (κ3) is 3.40. The SMILES string of the molecule is Cc1ccccc1CN1CCC(N2CCOCC2)CC1. The summed E-state index contributed by atoms with van der Waals surface area (Å²) in [6.07, 6.45) is 2.62. The van der Waals surface area contributed by atoms with Crippen LogP contribution in [0.1, 0.15) is 24.0 Å². The molecule has 2 heterocycles. The van der Waals surface area contributed by atoms with E-state index in [0.29, 0.717) is 0 Å². The van der Waals surface area contributed by atoms with Gasteiger partial charge in [0.05, 0.1) is 13.2 Å². The van der Waals surface area contributed by atoms with Gasteiger partial charge in [-0.3, -0.25) is 9.80 Å². The molecule has 2 aliphatic heterocycles. The van der Waals surface area contributed by atoms with Gasteiger partial charge in [-0.25, -0.2) is 0 Å². The summed E-state index contributed by atoms with van der Waals surface area (Å²) < 4.78 is 5.45. The lowest BCUT2D eigenvalue weighted by Crippen LogP contribution is -2.48. The number of hydrogen-bond donors (Lipinski definition) is 0. The lowest BCUT2D eigenvalue weighted by Gasteiger charge is -2.40.